The maximum absolute atomic E-state index is 13.6. The molecule has 0 heterocycles. The first kappa shape index (κ1) is 12.4. The Morgan fingerprint density at radius 2 is 2.12 bits per heavy atom. The summed E-state index contributed by atoms with van der Waals surface area (Å²) >= 11 is 0. The molecule has 2 nitrogen and oxygen atoms in total. The van der Waals surface area contributed by atoms with Crippen LogP contribution in [-0.4, -0.2) is 6.61 Å². The van der Waals surface area contributed by atoms with Crippen LogP contribution in [0.3, 0.4) is 0 Å². The molecule has 0 saturated heterocycles. The van der Waals surface area contributed by atoms with Crippen LogP contribution in [0.2, 0.25) is 0 Å². The number of hydrogen-bond acceptors (Lipinski definition) is 2. The number of nitrogens with two attached hydrogens (primary N) is 1. The molecule has 0 amide bonds. The molecule has 1 aromatic carbocycles. The van der Waals surface area contributed by atoms with Crippen LogP contribution in [-0.2, 0) is 0 Å². The van der Waals surface area contributed by atoms with E-state index in [0.29, 0.717) is 23.8 Å². The highest BCUT2D eigenvalue weighted by atomic mass is 19.1. The Morgan fingerprint density at radius 1 is 1.41 bits per heavy atom. The lowest BCUT2D eigenvalue weighted by Gasteiger charge is -2.13. The van der Waals surface area contributed by atoms with Gasteiger partial charge in [-0.2, -0.15) is 0 Å². The Morgan fingerprint density at radius 3 is 2.71 bits per heavy atom. The molecule has 0 bridgehead atoms. The summed E-state index contributed by atoms with van der Waals surface area (Å²) in [5.41, 5.74) is 6.20. The molecule has 1 aromatic rings. The third-order valence-corrected chi connectivity index (χ3v) is 3.42. The summed E-state index contributed by atoms with van der Waals surface area (Å²) < 4.78 is 19.3. The molecule has 0 aliphatic heterocycles. The Labute approximate surface area is 102 Å². The van der Waals surface area contributed by atoms with E-state index in [1.54, 1.807) is 19.1 Å². The highest BCUT2D eigenvalue weighted by Crippen LogP contribution is 2.26. The van der Waals surface area contributed by atoms with Crippen LogP contribution in [0.15, 0.2) is 18.2 Å². The summed E-state index contributed by atoms with van der Waals surface area (Å²) in [5, 5.41) is 0. The van der Waals surface area contributed by atoms with Crippen molar-refractivity contribution in [1.82, 2.24) is 0 Å². The molecule has 1 saturated carbocycles. The summed E-state index contributed by atoms with van der Waals surface area (Å²) in [6, 6.07) is 4.67. The van der Waals surface area contributed by atoms with Gasteiger partial charge < -0.3 is 10.5 Å². The second-order valence-electron chi connectivity index (χ2n) is 4.93. The molecule has 17 heavy (non-hydrogen) atoms. The van der Waals surface area contributed by atoms with Crippen LogP contribution in [0, 0.1) is 11.7 Å². The lowest BCUT2D eigenvalue weighted by molar-refractivity contribution is 0.251. The van der Waals surface area contributed by atoms with Gasteiger partial charge in [-0.25, -0.2) is 4.39 Å². The van der Waals surface area contributed by atoms with Crippen molar-refractivity contribution in [2.75, 3.05) is 6.61 Å². The van der Waals surface area contributed by atoms with E-state index in [9.17, 15) is 4.39 Å². The zero-order valence-corrected chi connectivity index (χ0v) is 10.3. The van der Waals surface area contributed by atoms with E-state index in [4.69, 9.17) is 10.5 Å². The van der Waals surface area contributed by atoms with Crippen LogP contribution in [0.5, 0.6) is 5.75 Å². The highest BCUT2D eigenvalue weighted by molar-refractivity contribution is 5.30. The summed E-state index contributed by atoms with van der Waals surface area (Å²) in [7, 11) is 0. The molecule has 1 aliphatic carbocycles. The van der Waals surface area contributed by atoms with E-state index in [0.717, 1.165) is 0 Å². The fraction of sp³-hybridized carbons (Fsp3) is 0.571. The van der Waals surface area contributed by atoms with Crippen LogP contribution in [0.4, 0.5) is 4.39 Å². The van der Waals surface area contributed by atoms with Crippen molar-refractivity contribution in [3.63, 3.8) is 0 Å². The van der Waals surface area contributed by atoms with Crippen molar-refractivity contribution < 1.29 is 9.13 Å². The molecular weight excluding hydrogens is 217 g/mol. The first-order chi connectivity index (χ1) is 8.16. The first-order valence-electron chi connectivity index (χ1n) is 6.34. The first-order valence-corrected chi connectivity index (χ1v) is 6.34. The SMILES string of the molecule is C[C@H](N)c1ccc(OCC2CCCC2)cc1F. The van der Waals surface area contributed by atoms with Crippen molar-refractivity contribution in [2.45, 2.75) is 38.6 Å². The van der Waals surface area contributed by atoms with E-state index < -0.39 is 0 Å². The lowest BCUT2D eigenvalue weighted by atomic mass is 10.1. The maximum atomic E-state index is 13.6. The predicted molar refractivity (Wildman–Crippen MR) is 66.5 cm³/mol. The minimum Gasteiger partial charge on any atom is -0.493 e. The predicted octanol–water partition coefficient (Wildman–Crippen LogP) is 3.41. The van der Waals surface area contributed by atoms with E-state index >= 15 is 0 Å². The quantitative estimate of drug-likeness (QED) is 0.871. The van der Waals surface area contributed by atoms with Crippen LogP contribution >= 0.6 is 0 Å². The van der Waals surface area contributed by atoms with Crippen LogP contribution in [0.1, 0.15) is 44.2 Å². The Kier molecular flexibility index (Phi) is 4.00. The molecule has 0 spiro atoms. The van der Waals surface area contributed by atoms with E-state index in [-0.39, 0.29) is 11.9 Å². The third kappa shape index (κ3) is 3.19. The molecule has 0 radical (unpaired) electrons. The molecule has 94 valence electrons. The second-order valence-corrected chi connectivity index (χ2v) is 4.93. The number of halogens is 1. The molecule has 3 heteroatoms. The Hall–Kier alpha value is -1.09. The van der Waals surface area contributed by atoms with Gasteiger partial charge >= 0.3 is 0 Å². The van der Waals surface area contributed by atoms with Gasteiger partial charge in [0.25, 0.3) is 0 Å². The van der Waals surface area contributed by atoms with Gasteiger partial charge in [-0.3, -0.25) is 0 Å². The average Bonchev–Trinajstić information content (AvgIpc) is 2.78. The Balaban J connectivity index is 1.94. The monoisotopic (exact) mass is 237 g/mol. The van der Waals surface area contributed by atoms with Gasteiger partial charge in [0.05, 0.1) is 6.61 Å². The zero-order valence-electron chi connectivity index (χ0n) is 10.3. The molecule has 0 aromatic heterocycles. The van der Waals surface area contributed by atoms with Crippen molar-refractivity contribution in [3.8, 4) is 5.75 Å². The summed E-state index contributed by atoms with van der Waals surface area (Å²) in [5.74, 6) is 0.980. The van der Waals surface area contributed by atoms with Gasteiger partial charge in [-0.15, -0.1) is 0 Å². The van der Waals surface area contributed by atoms with E-state index in [2.05, 4.69) is 0 Å². The van der Waals surface area contributed by atoms with Crippen molar-refractivity contribution in [2.24, 2.45) is 11.7 Å². The van der Waals surface area contributed by atoms with Crippen molar-refractivity contribution >= 4 is 0 Å². The minimum absolute atomic E-state index is 0.274. The Bertz CT molecular complexity index is 372. The lowest BCUT2D eigenvalue weighted by Crippen LogP contribution is -2.10. The molecule has 1 fully saturated rings. The second kappa shape index (κ2) is 5.50. The number of ether oxygens (including phenoxy) is 1. The van der Waals surface area contributed by atoms with E-state index in [1.165, 1.54) is 31.7 Å². The molecule has 0 unspecified atom stereocenters. The van der Waals surface area contributed by atoms with E-state index in [1.807, 2.05) is 0 Å². The zero-order chi connectivity index (χ0) is 12.3. The smallest absolute Gasteiger partial charge is 0.131 e. The van der Waals surface area contributed by atoms with Gasteiger partial charge in [0.15, 0.2) is 0 Å². The third-order valence-electron chi connectivity index (χ3n) is 3.42. The van der Waals surface area contributed by atoms with Gasteiger partial charge in [-0.1, -0.05) is 18.9 Å². The number of rotatable bonds is 4. The fourth-order valence-corrected chi connectivity index (χ4v) is 2.36. The fourth-order valence-electron chi connectivity index (χ4n) is 2.36. The standard InChI is InChI=1S/C14H20FNO/c1-10(16)13-7-6-12(8-14(13)15)17-9-11-4-2-3-5-11/h6-8,10-11H,2-5,9,16H2,1H3/t10-/m0/s1. The molecule has 2 rings (SSSR count). The number of hydrogen-bond donors (Lipinski definition) is 1. The average molecular weight is 237 g/mol. The molecule has 1 aliphatic rings. The van der Waals surface area contributed by atoms with Crippen LogP contribution in [0.25, 0.3) is 0 Å². The van der Waals surface area contributed by atoms with Crippen molar-refractivity contribution in [3.05, 3.63) is 29.6 Å². The summed E-state index contributed by atoms with van der Waals surface area (Å²) in [4.78, 5) is 0. The molecule has 2 N–H and O–H groups in total. The normalized spacial score (nSPS) is 18.3. The summed E-state index contributed by atoms with van der Waals surface area (Å²) in [6.07, 6.45) is 5.07. The number of benzene rings is 1. The largest absolute Gasteiger partial charge is 0.493 e. The topological polar surface area (TPSA) is 35.2 Å². The van der Waals surface area contributed by atoms with Crippen LogP contribution < -0.4 is 10.5 Å². The van der Waals surface area contributed by atoms with Gasteiger partial charge in [0, 0.05) is 17.7 Å². The molecule has 1 atom stereocenters. The van der Waals surface area contributed by atoms with Gasteiger partial charge in [0.2, 0.25) is 0 Å². The van der Waals surface area contributed by atoms with Crippen molar-refractivity contribution in [1.29, 1.82) is 0 Å². The van der Waals surface area contributed by atoms with Gasteiger partial charge in [-0.05, 0) is 31.7 Å². The minimum atomic E-state index is -0.279. The highest BCUT2D eigenvalue weighted by Gasteiger charge is 2.16. The van der Waals surface area contributed by atoms with Gasteiger partial charge in [0.1, 0.15) is 11.6 Å². The maximum Gasteiger partial charge on any atom is 0.131 e. The summed E-state index contributed by atoms with van der Waals surface area (Å²) in [6.45, 7) is 2.48. The molecular formula is C14H20FNO.